The molecule has 0 aromatic heterocycles. The third kappa shape index (κ3) is 3.47. The predicted molar refractivity (Wildman–Crippen MR) is 126 cm³/mol. The van der Waals surface area contributed by atoms with Crippen LogP contribution in [0, 0.1) is 52.3 Å². The van der Waals surface area contributed by atoms with Crippen molar-refractivity contribution in [2.24, 2.45) is 52.3 Å². The lowest BCUT2D eigenvalue weighted by Crippen LogP contribution is -2.63. The van der Waals surface area contributed by atoms with E-state index in [1.165, 1.54) is 51.4 Å². The molecule has 2 nitrogen and oxygen atoms in total. The van der Waals surface area contributed by atoms with Crippen molar-refractivity contribution in [1.82, 2.24) is 4.90 Å². The van der Waals surface area contributed by atoms with Crippen LogP contribution in [0.5, 0.6) is 0 Å². The van der Waals surface area contributed by atoms with Gasteiger partial charge in [0.25, 0.3) is 0 Å². The largest absolute Gasteiger partial charge is 0.342 e. The molecule has 0 N–H and O–H groups in total. The summed E-state index contributed by atoms with van der Waals surface area (Å²) in [5.41, 5.74) is 0.911. The number of carbonyl (C=O) groups excluding carboxylic acids is 1. The van der Waals surface area contributed by atoms with Crippen molar-refractivity contribution in [3.05, 3.63) is 0 Å². The second kappa shape index (κ2) is 8.11. The molecule has 4 rings (SSSR count). The maximum Gasteiger partial charge on any atom is 0.222 e. The lowest BCUT2D eigenvalue weighted by atomic mass is 9.44. The number of carbonyl (C=O) groups is 1. The minimum Gasteiger partial charge on any atom is -0.342 e. The molecule has 1 heterocycles. The third-order valence-corrected chi connectivity index (χ3v) is 11.1. The van der Waals surface area contributed by atoms with Gasteiger partial charge in [-0.05, 0) is 90.8 Å². The van der Waals surface area contributed by atoms with E-state index in [1.54, 1.807) is 0 Å². The fourth-order valence-corrected chi connectivity index (χ4v) is 9.49. The van der Waals surface area contributed by atoms with Crippen LogP contribution >= 0.6 is 0 Å². The van der Waals surface area contributed by atoms with Gasteiger partial charge in [-0.15, -0.1) is 0 Å². The van der Waals surface area contributed by atoms with Gasteiger partial charge in [-0.1, -0.05) is 60.8 Å². The second-order valence-electron chi connectivity index (χ2n) is 13.1. The first-order chi connectivity index (χ1) is 14.1. The molecule has 3 aliphatic carbocycles. The van der Waals surface area contributed by atoms with E-state index >= 15 is 0 Å². The zero-order valence-corrected chi connectivity index (χ0v) is 21.0. The van der Waals surface area contributed by atoms with E-state index in [4.69, 9.17) is 0 Å². The summed E-state index contributed by atoms with van der Waals surface area (Å²) >= 11 is 0. The van der Waals surface area contributed by atoms with Gasteiger partial charge in [0.05, 0.1) is 0 Å². The quantitative estimate of drug-likeness (QED) is 0.466. The first kappa shape index (κ1) is 22.7. The highest BCUT2D eigenvalue weighted by atomic mass is 16.2. The van der Waals surface area contributed by atoms with Gasteiger partial charge in [-0.25, -0.2) is 0 Å². The fourth-order valence-electron chi connectivity index (χ4n) is 9.49. The summed E-state index contributed by atoms with van der Waals surface area (Å²) in [6.45, 7) is 15.1. The van der Waals surface area contributed by atoms with Crippen molar-refractivity contribution < 1.29 is 4.79 Å². The van der Waals surface area contributed by atoms with E-state index in [2.05, 4.69) is 53.5 Å². The number of amides is 1. The molecule has 0 aromatic rings. The van der Waals surface area contributed by atoms with E-state index in [9.17, 15) is 4.79 Å². The SMILES string of the molecule is CC(C)CCC[C@@H](C)[C@H]1CC[C@H]2[C@@H]3[C@@H](C)C[C@@H]4N(C)C(=O)CC[C@]4(C)[C@H]3CC[C@]12C. The molecule has 0 radical (unpaired) electrons. The van der Waals surface area contributed by atoms with E-state index in [-0.39, 0.29) is 0 Å². The Hall–Kier alpha value is -0.530. The smallest absolute Gasteiger partial charge is 0.222 e. The van der Waals surface area contributed by atoms with Gasteiger partial charge in [0.2, 0.25) is 5.91 Å². The summed E-state index contributed by atoms with van der Waals surface area (Å²) < 4.78 is 0. The molecule has 4 aliphatic rings. The lowest BCUT2D eigenvalue weighted by Gasteiger charge is -2.64. The van der Waals surface area contributed by atoms with Crippen LogP contribution in [0.15, 0.2) is 0 Å². The predicted octanol–water partition coefficient (Wildman–Crippen LogP) is 7.17. The Morgan fingerprint density at radius 1 is 1.00 bits per heavy atom. The molecule has 30 heavy (non-hydrogen) atoms. The normalized spacial score (nSPS) is 47.1. The molecule has 0 aromatic carbocycles. The zero-order chi connectivity index (χ0) is 21.8. The van der Waals surface area contributed by atoms with Crippen molar-refractivity contribution in [2.75, 3.05) is 7.05 Å². The number of hydrogen-bond donors (Lipinski definition) is 0. The summed E-state index contributed by atoms with van der Waals surface area (Å²) in [5, 5.41) is 0. The molecule has 0 bridgehead atoms. The molecular weight excluding hydrogens is 366 g/mol. The number of piperidine rings is 1. The number of likely N-dealkylation sites (tertiary alicyclic amines) is 1. The van der Waals surface area contributed by atoms with E-state index in [0.717, 1.165) is 54.3 Å². The summed E-state index contributed by atoms with van der Waals surface area (Å²) in [4.78, 5) is 14.6. The van der Waals surface area contributed by atoms with Gasteiger partial charge in [-0.2, -0.15) is 0 Å². The summed E-state index contributed by atoms with van der Waals surface area (Å²) in [7, 11) is 2.09. The number of hydrogen-bond acceptors (Lipinski definition) is 1. The van der Waals surface area contributed by atoms with Crippen LogP contribution in [0.1, 0.15) is 106 Å². The van der Waals surface area contributed by atoms with Crippen LogP contribution in [0.25, 0.3) is 0 Å². The summed E-state index contributed by atoms with van der Waals surface area (Å²) in [6.07, 6.45) is 13.2. The molecular formula is C28H49NO. The van der Waals surface area contributed by atoms with Crippen LogP contribution < -0.4 is 0 Å². The van der Waals surface area contributed by atoms with Crippen molar-refractivity contribution >= 4 is 5.91 Å². The van der Waals surface area contributed by atoms with Gasteiger partial charge in [0.15, 0.2) is 0 Å². The maximum absolute atomic E-state index is 12.5. The van der Waals surface area contributed by atoms with Gasteiger partial charge in [0, 0.05) is 19.5 Å². The van der Waals surface area contributed by atoms with Gasteiger partial charge in [-0.3, -0.25) is 4.79 Å². The van der Waals surface area contributed by atoms with Crippen molar-refractivity contribution in [3.63, 3.8) is 0 Å². The van der Waals surface area contributed by atoms with Gasteiger partial charge < -0.3 is 4.90 Å². The average Bonchev–Trinajstić information content (AvgIpc) is 3.03. The molecule has 0 unspecified atom stereocenters. The Morgan fingerprint density at radius 2 is 1.70 bits per heavy atom. The first-order valence-electron chi connectivity index (χ1n) is 13.3. The summed E-state index contributed by atoms with van der Waals surface area (Å²) in [6, 6.07) is 0.478. The summed E-state index contributed by atoms with van der Waals surface area (Å²) in [5.74, 6) is 6.46. The highest BCUT2D eigenvalue weighted by Crippen LogP contribution is 2.68. The van der Waals surface area contributed by atoms with Crippen molar-refractivity contribution in [3.8, 4) is 0 Å². The molecule has 1 amide bonds. The standard InChI is InChI=1S/C28H49NO/c1-18(2)9-8-10-19(3)21-11-12-22-26-20(4)17-24-28(6,16-14-25(30)29(24)7)23(26)13-15-27(21,22)5/h18-24,26H,8-17H2,1-7H3/t19-,20+,21-,22+,23+,24+,26+,27-,28-/m1/s1. The Bertz CT molecular complexity index is 643. The number of nitrogens with zero attached hydrogens (tertiary/aromatic N) is 1. The van der Waals surface area contributed by atoms with Crippen LogP contribution in [-0.2, 0) is 4.79 Å². The number of rotatable bonds is 5. The van der Waals surface area contributed by atoms with E-state index in [1.807, 2.05) is 0 Å². The number of fused-ring (bicyclic) bond motifs is 5. The molecule has 2 heteroatoms. The Balaban J connectivity index is 1.53. The topological polar surface area (TPSA) is 20.3 Å². The van der Waals surface area contributed by atoms with Crippen LogP contribution in [0.3, 0.4) is 0 Å². The molecule has 0 spiro atoms. The Morgan fingerprint density at radius 3 is 2.40 bits per heavy atom. The second-order valence-corrected chi connectivity index (χ2v) is 13.1. The van der Waals surface area contributed by atoms with Gasteiger partial charge >= 0.3 is 0 Å². The van der Waals surface area contributed by atoms with E-state index < -0.39 is 0 Å². The highest BCUT2D eigenvalue weighted by Gasteiger charge is 2.63. The minimum absolute atomic E-state index is 0.349. The fraction of sp³-hybridized carbons (Fsp3) is 0.964. The van der Waals surface area contributed by atoms with Crippen molar-refractivity contribution in [2.45, 2.75) is 112 Å². The third-order valence-electron chi connectivity index (χ3n) is 11.1. The van der Waals surface area contributed by atoms with Crippen LogP contribution in [0.2, 0.25) is 0 Å². The maximum atomic E-state index is 12.5. The molecule has 9 atom stereocenters. The monoisotopic (exact) mass is 415 g/mol. The molecule has 3 saturated carbocycles. The molecule has 172 valence electrons. The van der Waals surface area contributed by atoms with Crippen LogP contribution in [0.4, 0.5) is 0 Å². The molecule has 1 saturated heterocycles. The highest BCUT2D eigenvalue weighted by molar-refractivity contribution is 5.77. The van der Waals surface area contributed by atoms with E-state index in [0.29, 0.717) is 22.8 Å². The Kier molecular flexibility index (Phi) is 6.12. The lowest BCUT2D eigenvalue weighted by molar-refractivity contribution is -0.167. The van der Waals surface area contributed by atoms with Crippen LogP contribution in [-0.4, -0.2) is 23.9 Å². The van der Waals surface area contributed by atoms with Crippen molar-refractivity contribution in [1.29, 1.82) is 0 Å². The zero-order valence-electron chi connectivity index (χ0n) is 21.0. The molecule has 4 fully saturated rings. The molecule has 1 aliphatic heterocycles. The minimum atomic E-state index is 0.349. The van der Waals surface area contributed by atoms with Gasteiger partial charge in [0.1, 0.15) is 0 Å². The average molecular weight is 416 g/mol. The Labute approximate surface area is 186 Å². The first-order valence-corrected chi connectivity index (χ1v) is 13.3.